The second kappa shape index (κ2) is 9.25. The fourth-order valence-corrected chi connectivity index (χ4v) is 2.73. The predicted molar refractivity (Wildman–Crippen MR) is 106 cm³/mol. The zero-order chi connectivity index (χ0) is 20.0. The summed E-state index contributed by atoms with van der Waals surface area (Å²) in [7, 11) is 7.26. The fraction of sp³-hybridized carbons (Fsp3) is 0.526. The minimum atomic E-state index is 0.467. The van der Waals surface area contributed by atoms with Gasteiger partial charge in [-0.3, -0.25) is 0 Å². The van der Waals surface area contributed by atoms with E-state index in [0.29, 0.717) is 13.1 Å². The van der Waals surface area contributed by atoms with Crippen LogP contribution in [0.4, 0.5) is 0 Å². The number of nitrogens with zero attached hydrogens (tertiary/aromatic N) is 5. The van der Waals surface area contributed by atoms with E-state index >= 15 is 0 Å². The third-order valence-corrected chi connectivity index (χ3v) is 4.50. The topological polar surface area (TPSA) is 76.8 Å². The van der Waals surface area contributed by atoms with E-state index in [2.05, 4.69) is 34.3 Å². The molecule has 0 saturated heterocycles. The molecular weight excluding hydrogens is 344 g/mol. The Labute approximate surface area is 161 Å². The van der Waals surface area contributed by atoms with Crippen LogP contribution in [0.3, 0.4) is 0 Å². The van der Waals surface area contributed by atoms with Gasteiger partial charge < -0.3 is 24.3 Å². The molecule has 0 bridgehead atoms. The van der Waals surface area contributed by atoms with Gasteiger partial charge in [0, 0.05) is 27.2 Å². The monoisotopic (exact) mass is 374 g/mol. The van der Waals surface area contributed by atoms with Crippen LogP contribution in [0.5, 0.6) is 11.5 Å². The standard InChI is InChI=1S/C19H30N6O2/c1-8-20-19(21-11-18-23-22-14(3)25(18)5)24(4)12-15-10-17(27-7)16(26-6)9-13(15)2/h9-10H,8,11-12H2,1-7H3,(H,20,21). The van der Waals surface area contributed by atoms with Crippen molar-refractivity contribution in [2.45, 2.75) is 33.9 Å². The maximum absolute atomic E-state index is 5.43. The molecule has 1 aromatic carbocycles. The summed E-state index contributed by atoms with van der Waals surface area (Å²) in [4.78, 5) is 6.80. The molecule has 2 rings (SSSR count). The highest BCUT2D eigenvalue weighted by molar-refractivity contribution is 5.79. The number of ether oxygens (including phenoxy) is 2. The van der Waals surface area contributed by atoms with Crippen LogP contribution in [0.2, 0.25) is 0 Å². The Morgan fingerprint density at radius 1 is 1.19 bits per heavy atom. The lowest BCUT2D eigenvalue weighted by molar-refractivity contribution is 0.353. The average molecular weight is 374 g/mol. The molecule has 0 unspecified atom stereocenters. The fourth-order valence-electron chi connectivity index (χ4n) is 2.73. The number of guanidine groups is 1. The van der Waals surface area contributed by atoms with Crippen molar-refractivity contribution < 1.29 is 9.47 Å². The number of aryl methyl sites for hydroxylation is 2. The van der Waals surface area contributed by atoms with Crippen molar-refractivity contribution in [1.82, 2.24) is 25.0 Å². The molecular formula is C19H30N6O2. The van der Waals surface area contributed by atoms with Crippen LogP contribution >= 0.6 is 0 Å². The highest BCUT2D eigenvalue weighted by Gasteiger charge is 2.13. The van der Waals surface area contributed by atoms with Crippen LogP contribution < -0.4 is 14.8 Å². The maximum atomic E-state index is 5.43. The molecule has 148 valence electrons. The Balaban J connectivity index is 2.20. The van der Waals surface area contributed by atoms with E-state index in [9.17, 15) is 0 Å². The van der Waals surface area contributed by atoms with Gasteiger partial charge in [-0.05, 0) is 44.0 Å². The van der Waals surface area contributed by atoms with Gasteiger partial charge in [0.25, 0.3) is 0 Å². The quantitative estimate of drug-likeness (QED) is 0.590. The first kappa shape index (κ1) is 20.5. The SMILES string of the molecule is CCNC(=NCc1nnc(C)n1C)N(C)Cc1cc(OC)c(OC)cc1C. The van der Waals surface area contributed by atoms with Crippen molar-refractivity contribution >= 4 is 5.96 Å². The van der Waals surface area contributed by atoms with Gasteiger partial charge in [-0.15, -0.1) is 10.2 Å². The predicted octanol–water partition coefficient (Wildman–Crippen LogP) is 2.05. The average Bonchev–Trinajstić information content (AvgIpc) is 2.98. The van der Waals surface area contributed by atoms with Crippen LogP contribution in [0.15, 0.2) is 17.1 Å². The molecule has 8 nitrogen and oxygen atoms in total. The van der Waals surface area contributed by atoms with E-state index in [1.807, 2.05) is 37.7 Å². The Hall–Kier alpha value is -2.77. The lowest BCUT2D eigenvalue weighted by atomic mass is 10.1. The first-order chi connectivity index (χ1) is 12.9. The van der Waals surface area contributed by atoms with Crippen molar-refractivity contribution in [3.8, 4) is 11.5 Å². The summed E-state index contributed by atoms with van der Waals surface area (Å²) in [6.45, 7) is 7.99. The summed E-state index contributed by atoms with van der Waals surface area (Å²) < 4.78 is 12.8. The largest absolute Gasteiger partial charge is 0.493 e. The highest BCUT2D eigenvalue weighted by atomic mass is 16.5. The van der Waals surface area contributed by atoms with Gasteiger partial charge >= 0.3 is 0 Å². The Kier molecular flexibility index (Phi) is 7.04. The number of aromatic nitrogens is 3. The molecule has 0 atom stereocenters. The molecule has 0 amide bonds. The maximum Gasteiger partial charge on any atom is 0.194 e. The second-order valence-electron chi connectivity index (χ2n) is 6.38. The summed E-state index contributed by atoms with van der Waals surface area (Å²) in [6.07, 6.45) is 0. The number of methoxy groups -OCH3 is 2. The molecule has 2 aromatic rings. The number of nitrogens with one attached hydrogen (secondary N) is 1. The summed E-state index contributed by atoms with van der Waals surface area (Å²) in [5, 5.41) is 11.6. The minimum absolute atomic E-state index is 0.467. The summed E-state index contributed by atoms with van der Waals surface area (Å²) in [6, 6.07) is 4.01. The van der Waals surface area contributed by atoms with E-state index in [4.69, 9.17) is 14.5 Å². The highest BCUT2D eigenvalue weighted by Crippen LogP contribution is 2.30. The molecule has 1 N–H and O–H groups in total. The van der Waals surface area contributed by atoms with Crippen LogP contribution in [0.25, 0.3) is 0 Å². The molecule has 0 aliphatic rings. The van der Waals surface area contributed by atoms with Crippen molar-refractivity contribution in [3.05, 3.63) is 34.9 Å². The number of hydrogen-bond acceptors (Lipinski definition) is 5. The number of rotatable bonds is 7. The van der Waals surface area contributed by atoms with Gasteiger partial charge in [-0.1, -0.05) is 0 Å². The Morgan fingerprint density at radius 2 is 1.85 bits per heavy atom. The van der Waals surface area contributed by atoms with Crippen LogP contribution in [-0.2, 0) is 20.1 Å². The molecule has 8 heteroatoms. The van der Waals surface area contributed by atoms with E-state index in [0.717, 1.165) is 46.8 Å². The Bertz CT molecular complexity index is 800. The summed E-state index contributed by atoms with van der Waals surface area (Å²) in [5.74, 6) is 3.98. The van der Waals surface area contributed by atoms with Crippen LogP contribution in [-0.4, -0.2) is 53.4 Å². The molecule has 0 fully saturated rings. The van der Waals surface area contributed by atoms with Crippen molar-refractivity contribution in [2.24, 2.45) is 12.0 Å². The zero-order valence-electron chi connectivity index (χ0n) is 17.3. The molecule has 1 aromatic heterocycles. The molecule has 1 heterocycles. The van der Waals surface area contributed by atoms with Crippen LogP contribution in [0.1, 0.15) is 29.7 Å². The lowest BCUT2D eigenvalue weighted by Gasteiger charge is -2.23. The first-order valence-corrected chi connectivity index (χ1v) is 8.97. The van der Waals surface area contributed by atoms with Gasteiger partial charge in [0.05, 0.1) is 14.2 Å². The molecule has 0 spiro atoms. The minimum Gasteiger partial charge on any atom is -0.493 e. The number of aliphatic imine (C=N–C) groups is 1. The van der Waals surface area contributed by atoms with Crippen molar-refractivity contribution in [2.75, 3.05) is 27.8 Å². The van der Waals surface area contributed by atoms with E-state index in [1.54, 1.807) is 14.2 Å². The molecule has 27 heavy (non-hydrogen) atoms. The van der Waals surface area contributed by atoms with Crippen molar-refractivity contribution in [1.29, 1.82) is 0 Å². The molecule has 0 saturated carbocycles. The van der Waals surface area contributed by atoms with Gasteiger partial charge in [0.15, 0.2) is 23.3 Å². The lowest BCUT2D eigenvalue weighted by Crippen LogP contribution is -2.38. The Morgan fingerprint density at radius 3 is 2.41 bits per heavy atom. The third-order valence-electron chi connectivity index (χ3n) is 4.50. The molecule has 0 aliphatic carbocycles. The second-order valence-corrected chi connectivity index (χ2v) is 6.38. The zero-order valence-corrected chi connectivity index (χ0v) is 17.3. The van der Waals surface area contributed by atoms with Gasteiger partial charge in [-0.2, -0.15) is 0 Å². The summed E-state index contributed by atoms with van der Waals surface area (Å²) >= 11 is 0. The van der Waals surface area contributed by atoms with Gasteiger partial charge in [0.1, 0.15) is 12.4 Å². The molecule has 0 aliphatic heterocycles. The number of benzene rings is 1. The summed E-state index contributed by atoms with van der Waals surface area (Å²) in [5.41, 5.74) is 2.29. The van der Waals surface area contributed by atoms with Gasteiger partial charge in [-0.25, -0.2) is 4.99 Å². The molecule has 0 radical (unpaired) electrons. The van der Waals surface area contributed by atoms with E-state index < -0.39 is 0 Å². The van der Waals surface area contributed by atoms with E-state index in [-0.39, 0.29) is 0 Å². The smallest absolute Gasteiger partial charge is 0.194 e. The van der Waals surface area contributed by atoms with Gasteiger partial charge in [0.2, 0.25) is 0 Å². The normalized spacial score (nSPS) is 11.4. The van der Waals surface area contributed by atoms with Crippen molar-refractivity contribution in [3.63, 3.8) is 0 Å². The number of hydrogen-bond donors (Lipinski definition) is 1. The first-order valence-electron chi connectivity index (χ1n) is 8.97. The van der Waals surface area contributed by atoms with E-state index in [1.165, 1.54) is 0 Å². The van der Waals surface area contributed by atoms with Crippen LogP contribution in [0, 0.1) is 13.8 Å². The third kappa shape index (κ3) is 4.90.